The number of phenolic OH excluding ortho intramolecular Hbond substituents is 1. The van der Waals surface area contributed by atoms with Gasteiger partial charge in [-0.1, -0.05) is 39.8 Å². The number of ether oxygens (including phenoxy) is 2. The number of amides is 3. The highest BCUT2D eigenvalue weighted by molar-refractivity contribution is 7.89. The lowest BCUT2D eigenvalue weighted by atomic mass is 9.84. The summed E-state index contributed by atoms with van der Waals surface area (Å²) >= 11 is -1.38. The van der Waals surface area contributed by atoms with E-state index < -0.39 is 69.6 Å². The fraction of sp³-hybridized carbons (Fsp3) is 0.549. The van der Waals surface area contributed by atoms with Gasteiger partial charge in [-0.3, -0.25) is 29.2 Å². The quantitative estimate of drug-likeness (QED) is 0.118. The molecule has 4 aromatic rings. The zero-order valence-corrected chi connectivity index (χ0v) is 42.2. The first-order valence-electron chi connectivity index (χ1n) is 24.0. The van der Waals surface area contributed by atoms with E-state index in [1.807, 2.05) is 25.1 Å². The lowest BCUT2D eigenvalue weighted by molar-refractivity contribution is -0.161. The number of hydrogen-bond donors (Lipinski definition) is 5. The standard InChI is InChI=1S/C51H69N7O10S/c1-10-57-41-16-15-34-26-38(41)39(44(57)37-14-12-19-52-42(37)32(5)67-9)27-49(6,7)29-68-30-50(48(63)64)17-13-20-58(54-50)46(61)40(24-33-22-35(34)25-36(59)23-33)53-45(60)43(31(3)4)55(8)47(62)51(65)18-21-56(28-51)69(66)11-2/h12,14-16,19,22-23,25-26,31-32,40,43,54,59,65H,10-11,13,17-18,20-21,24,27-30H2,1-9H3,(H,53,60)(H,63,64)/t32-,40-,43-,50-,51-,69?/m0/s1. The fourth-order valence-electron chi connectivity index (χ4n) is 10.4. The van der Waals surface area contributed by atoms with Gasteiger partial charge in [0.2, 0.25) is 5.91 Å². The predicted molar refractivity (Wildman–Crippen MR) is 263 cm³/mol. The van der Waals surface area contributed by atoms with Crippen LogP contribution in [0.25, 0.3) is 33.3 Å². The normalized spacial score (nSPS) is 23.6. The molecular weight excluding hydrogens is 903 g/mol. The van der Waals surface area contributed by atoms with E-state index >= 15 is 0 Å². The van der Waals surface area contributed by atoms with Crippen molar-refractivity contribution in [2.24, 2.45) is 11.3 Å². The monoisotopic (exact) mass is 971 g/mol. The van der Waals surface area contributed by atoms with Crippen LogP contribution in [-0.4, -0.2) is 143 Å². The van der Waals surface area contributed by atoms with Crippen molar-refractivity contribution in [1.82, 2.24) is 34.5 Å². The number of carboxylic acid groups (broad SMARTS) is 1. The molecule has 6 bridgehead atoms. The Morgan fingerprint density at radius 2 is 1.83 bits per heavy atom. The summed E-state index contributed by atoms with van der Waals surface area (Å²) in [4.78, 5) is 62.9. The van der Waals surface area contributed by atoms with Crippen LogP contribution in [0.5, 0.6) is 5.75 Å². The Morgan fingerprint density at radius 1 is 1.07 bits per heavy atom. The van der Waals surface area contributed by atoms with Crippen LogP contribution in [0.2, 0.25) is 0 Å². The molecule has 1 unspecified atom stereocenters. The van der Waals surface area contributed by atoms with Crippen LogP contribution in [0, 0.1) is 11.3 Å². The first-order chi connectivity index (χ1) is 32.7. The van der Waals surface area contributed by atoms with E-state index in [1.165, 1.54) is 23.0 Å². The molecule has 2 saturated heterocycles. The van der Waals surface area contributed by atoms with E-state index in [4.69, 9.17) is 14.5 Å². The molecule has 0 radical (unpaired) electrons. The summed E-state index contributed by atoms with van der Waals surface area (Å²) in [6.07, 6.45) is 2.37. The second kappa shape index (κ2) is 20.7. The summed E-state index contributed by atoms with van der Waals surface area (Å²) < 4.78 is 28.6. The number of rotatable bonds is 12. The van der Waals surface area contributed by atoms with Crippen LogP contribution in [0.3, 0.4) is 0 Å². The molecule has 2 aromatic heterocycles. The highest BCUT2D eigenvalue weighted by Crippen LogP contribution is 2.42. The number of pyridine rings is 1. The number of aromatic nitrogens is 2. The Bertz CT molecular complexity index is 2570. The minimum atomic E-state index is -1.88. The maximum absolute atomic E-state index is 14.9. The highest BCUT2D eigenvalue weighted by Gasteiger charge is 2.50. The number of methoxy groups -OCH3 is 1. The number of β-amino-alcohol motifs (C(OH)–C–C–N with tert-alkyl or cyclic N) is 1. The SMILES string of the molecule is CCn1c(-c2cccnc2[C@H](C)OC)c2c3cc(ccc31)-c1cc(O)cc(c1)C[C@H](NC(=O)[C@H](C(C)C)N(C)C(=O)[C@]1(O)CCN([S+]([O-])CC)C1)C(=O)N1CCC[C@@](C(=O)O)(COCC(C)(C)C2)N1. The van der Waals surface area contributed by atoms with E-state index in [2.05, 4.69) is 54.3 Å². The number of aliphatic hydroxyl groups is 1. The number of nitrogens with zero attached hydrogens (tertiary/aromatic N) is 5. The number of hydrazine groups is 1. The van der Waals surface area contributed by atoms with Crippen molar-refractivity contribution in [2.45, 2.75) is 116 Å². The average Bonchev–Trinajstić information content (AvgIpc) is 3.87. The van der Waals surface area contributed by atoms with E-state index in [-0.39, 0.29) is 64.0 Å². The first kappa shape index (κ1) is 51.8. The number of carbonyl (C=O) groups is 4. The molecule has 3 aliphatic heterocycles. The molecule has 374 valence electrons. The summed E-state index contributed by atoms with van der Waals surface area (Å²) in [5.41, 5.74) is 5.59. The van der Waals surface area contributed by atoms with Crippen molar-refractivity contribution < 1.29 is 48.5 Å². The summed E-state index contributed by atoms with van der Waals surface area (Å²) in [7, 11) is 3.09. The van der Waals surface area contributed by atoms with E-state index in [0.717, 1.165) is 39.0 Å². The van der Waals surface area contributed by atoms with Crippen molar-refractivity contribution in [3.63, 3.8) is 0 Å². The predicted octanol–water partition coefficient (Wildman–Crippen LogP) is 4.98. The van der Waals surface area contributed by atoms with Crippen LogP contribution in [0.1, 0.15) is 90.7 Å². The molecule has 3 aliphatic rings. The minimum absolute atomic E-state index is 0.0292. The van der Waals surface area contributed by atoms with E-state index in [9.17, 15) is 39.1 Å². The lowest BCUT2D eigenvalue weighted by Crippen LogP contribution is -2.68. The van der Waals surface area contributed by atoms with Crippen LogP contribution < -0.4 is 10.7 Å². The largest absolute Gasteiger partial charge is 0.598 e. The molecule has 0 spiro atoms. The maximum Gasteiger partial charge on any atom is 0.328 e. The number of likely N-dealkylation sites (N-methyl/N-ethyl adjacent to an activating group) is 1. The van der Waals surface area contributed by atoms with Crippen LogP contribution in [-0.2, 0) is 59.4 Å². The van der Waals surface area contributed by atoms with Gasteiger partial charge >= 0.3 is 5.97 Å². The van der Waals surface area contributed by atoms with Gasteiger partial charge in [-0.25, -0.2) is 5.43 Å². The third kappa shape index (κ3) is 10.5. The van der Waals surface area contributed by atoms with Crippen molar-refractivity contribution in [3.05, 3.63) is 71.5 Å². The molecule has 17 nitrogen and oxygen atoms in total. The lowest BCUT2D eigenvalue weighted by Gasteiger charge is -2.42. The third-order valence-electron chi connectivity index (χ3n) is 14.0. The molecule has 2 fully saturated rings. The molecule has 5 N–H and O–H groups in total. The Morgan fingerprint density at radius 3 is 2.51 bits per heavy atom. The van der Waals surface area contributed by atoms with Gasteiger partial charge in [0.1, 0.15) is 23.6 Å². The first-order valence-corrected chi connectivity index (χ1v) is 25.2. The van der Waals surface area contributed by atoms with Gasteiger partial charge in [-0.15, -0.1) is 4.31 Å². The van der Waals surface area contributed by atoms with E-state index in [1.54, 1.807) is 44.4 Å². The van der Waals surface area contributed by atoms with Crippen molar-refractivity contribution in [3.8, 4) is 28.1 Å². The average molecular weight is 972 g/mol. The highest BCUT2D eigenvalue weighted by atomic mass is 32.2. The van der Waals surface area contributed by atoms with Gasteiger partial charge in [0, 0.05) is 80.7 Å². The van der Waals surface area contributed by atoms with Gasteiger partial charge in [0.05, 0.1) is 37.3 Å². The zero-order valence-electron chi connectivity index (χ0n) is 41.3. The molecule has 0 aliphatic carbocycles. The Balaban J connectivity index is 1.34. The summed E-state index contributed by atoms with van der Waals surface area (Å²) in [5, 5.41) is 38.9. The maximum atomic E-state index is 14.9. The molecule has 18 heteroatoms. The number of hydrogen-bond acceptors (Lipinski definition) is 12. The smallest absolute Gasteiger partial charge is 0.328 e. The number of phenols is 1. The zero-order chi connectivity index (χ0) is 50.2. The van der Waals surface area contributed by atoms with E-state index in [0.29, 0.717) is 36.3 Å². The molecule has 3 amide bonds. The summed E-state index contributed by atoms with van der Waals surface area (Å²) in [5.74, 6) is -3.44. The summed E-state index contributed by atoms with van der Waals surface area (Å²) in [6, 6.07) is 12.7. The number of nitrogens with one attached hydrogen (secondary N) is 2. The molecule has 0 saturated carbocycles. The number of fused-ring (bicyclic) bond motifs is 6. The number of carbonyl (C=O) groups excluding carboxylic acids is 3. The van der Waals surface area contributed by atoms with Gasteiger partial charge in [-0.2, -0.15) is 0 Å². The molecule has 69 heavy (non-hydrogen) atoms. The Labute approximate surface area is 407 Å². The van der Waals surface area contributed by atoms with Crippen LogP contribution in [0.15, 0.2) is 54.7 Å². The molecule has 6 atom stereocenters. The van der Waals surface area contributed by atoms with Gasteiger partial charge < -0.3 is 44.1 Å². The fourth-order valence-corrected chi connectivity index (χ4v) is 11.4. The molecule has 7 rings (SSSR count). The number of carboxylic acids is 1. The number of aliphatic carboxylic acids is 1. The molecular formula is C51H69N7O10S. The second-order valence-electron chi connectivity index (χ2n) is 20.1. The van der Waals surface area contributed by atoms with Gasteiger partial charge in [-0.05, 0) is 110 Å². The minimum Gasteiger partial charge on any atom is -0.598 e. The van der Waals surface area contributed by atoms with Crippen molar-refractivity contribution in [1.29, 1.82) is 0 Å². The second-order valence-corrected chi connectivity index (χ2v) is 21.8. The van der Waals surface area contributed by atoms with Crippen molar-refractivity contribution in [2.75, 3.05) is 52.8 Å². The van der Waals surface area contributed by atoms with Crippen LogP contribution >= 0.6 is 0 Å². The number of benzene rings is 2. The topological polar surface area (TPSA) is 222 Å². The van der Waals surface area contributed by atoms with Crippen molar-refractivity contribution >= 4 is 46.0 Å². The van der Waals surface area contributed by atoms with Gasteiger partial charge in [0.25, 0.3) is 11.8 Å². The molecule has 5 heterocycles. The third-order valence-corrected chi connectivity index (χ3v) is 15.4. The summed E-state index contributed by atoms with van der Waals surface area (Å²) in [6.45, 7) is 14.2. The number of aromatic hydroxyl groups is 1. The Kier molecular flexibility index (Phi) is 15.5. The van der Waals surface area contributed by atoms with Crippen LogP contribution in [0.4, 0.5) is 0 Å². The molecule has 2 aromatic carbocycles. The number of aryl methyl sites for hydroxylation is 1. The van der Waals surface area contributed by atoms with Gasteiger partial charge in [0.15, 0.2) is 11.1 Å². The Hall–Kier alpha value is -5.08.